The van der Waals surface area contributed by atoms with E-state index in [-0.39, 0.29) is 0 Å². The standard InChI is InChI=1S/C15H29N3O/c1-17(12-14-8-4-5-9-16-14)13-15(19)18-10-6-2-3-7-11-18/h14,16H,2-13H2,1H3. The van der Waals surface area contributed by atoms with Gasteiger partial charge in [0.1, 0.15) is 0 Å². The molecule has 4 heteroatoms. The highest BCUT2D eigenvalue weighted by Gasteiger charge is 2.19. The van der Waals surface area contributed by atoms with Gasteiger partial charge >= 0.3 is 0 Å². The summed E-state index contributed by atoms with van der Waals surface area (Å²) < 4.78 is 0. The Hall–Kier alpha value is -0.610. The molecule has 0 aromatic heterocycles. The second kappa shape index (κ2) is 7.85. The second-order valence-electron chi connectivity index (χ2n) is 6.14. The first-order valence-corrected chi connectivity index (χ1v) is 7.95. The summed E-state index contributed by atoms with van der Waals surface area (Å²) in [4.78, 5) is 16.5. The lowest BCUT2D eigenvalue weighted by Crippen LogP contribution is -2.46. The lowest BCUT2D eigenvalue weighted by atomic mass is 10.0. The van der Waals surface area contributed by atoms with Crippen molar-refractivity contribution in [1.82, 2.24) is 15.1 Å². The minimum atomic E-state index is 0.320. The van der Waals surface area contributed by atoms with Crippen LogP contribution in [0.2, 0.25) is 0 Å². The average molecular weight is 267 g/mol. The van der Waals surface area contributed by atoms with E-state index in [1.54, 1.807) is 0 Å². The molecule has 1 N–H and O–H groups in total. The molecule has 1 amide bonds. The van der Waals surface area contributed by atoms with Crippen molar-refractivity contribution in [3.8, 4) is 0 Å². The van der Waals surface area contributed by atoms with E-state index in [0.29, 0.717) is 18.5 Å². The number of hydrogen-bond donors (Lipinski definition) is 1. The van der Waals surface area contributed by atoms with Crippen LogP contribution in [0.15, 0.2) is 0 Å². The molecule has 110 valence electrons. The lowest BCUT2D eigenvalue weighted by Gasteiger charge is -2.29. The smallest absolute Gasteiger partial charge is 0.236 e. The quantitative estimate of drug-likeness (QED) is 0.838. The molecule has 0 saturated carbocycles. The first-order chi connectivity index (χ1) is 9.25. The van der Waals surface area contributed by atoms with Crippen molar-refractivity contribution >= 4 is 5.91 Å². The second-order valence-corrected chi connectivity index (χ2v) is 6.14. The van der Waals surface area contributed by atoms with Crippen LogP contribution in [0.1, 0.15) is 44.9 Å². The number of nitrogens with one attached hydrogen (secondary N) is 1. The van der Waals surface area contributed by atoms with Crippen molar-refractivity contribution in [2.45, 2.75) is 51.0 Å². The highest BCUT2D eigenvalue weighted by atomic mass is 16.2. The molecule has 0 aromatic carbocycles. The van der Waals surface area contributed by atoms with Crippen molar-refractivity contribution in [2.24, 2.45) is 0 Å². The van der Waals surface area contributed by atoms with Crippen molar-refractivity contribution in [3.05, 3.63) is 0 Å². The molecule has 2 rings (SSSR count). The number of likely N-dealkylation sites (tertiary alicyclic amines) is 1. The Kier molecular flexibility index (Phi) is 6.11. The van der Waals surface area contributed by atoms with Gasteiger partial charge in [0.15, 0.2) is 0 Å². The van der Waals surface area contributed by atoms with Gasteiger partial charge in [-0.2, -0.15) is 0 Å². The van der Waals surface area contributed by atoms with Crippen LogP contribution in [0.4, 0.5) is 0 Å². The van der Waals surface area contributed by atoms with Crippen LogP contribution in [0.25, 0.3) is 0 Å². The largest absolute Gasteiger partial charge is 0.342 e. The van der Waals surface area contributed by atoms with Crippen LogP contribution >= 0.6 is 0 Å². The van der Waals surface area contributed by atoms with Gasteiger partial charge in [0, 0.05) is 25.7 Å². The van der Waals surface area contributed by atoms with E-state index in [0.717, 1.165) is 26.2 Å². The fourth-order valence-electron chi connectivity index (χ4n) is 3.17. The molecule has 0 aliphatic carbocycles. The molecule has 2 aliphatic heterocycles. The van der Waals surface area contributed by atoms with Gasteiger partial charge in [-0.3, -0.25) is 9.69 Å². The Balaban J connectivity index is 1.70. The van der Waals surface area contributed by atoms with Crippen LogP contribution in [0, 0.1) is 0 Å². The van der Waals surface area contributed by atoms with Gasteiger partial charge in [-0.05, 0) is 39.3 Å². The average Bonchev–Trinajstić information content (AvgIpc) is 2.68. The predicted molar refractivity (Wildman–Crippen MR) is 78.2 cm³/mol. The zero-order valence-corrected chi connectivity index (χ0v) is 12.4. The fraction of sp³-hybridized carbons (Fsp3) is 0.933. The summed E-state index contributed by atoms with van der Waals surface area (Å²) in [5.41, 5.74) is 0. The van der Waals surface area contributed by atoms with E-state index in [1.807, 2.05) is 0 Å². The molecule has 2 saturated heterocycles. The molecule has 1 atom stereocenters. The van der Waals surface area contributed by atoms with Gasteiger partial charge in [-0.15, -0.1) is 0 Å². The Labute approximate surface area is 117 Å². The predicted octanol–water partition coefficient (Wildman–Crippen LogP) is 1.46. The van der Waals surface area contributed by atoms with Crippen LogP contribution in [-0.4, -0.2) is 61.5 Å². The third-order valence-corrected chi connectivity index (χ3v) is 4.31. The van der Waals surface area contributed by atoms with Crippen LogP contribution in [0.5, 0.6) is 0 Å². The van der Waals surface area contributed by atoms with Gasteiger partial charge in [0.25, 0.3) is 0 Å². The Morgan fingerprint density at radius 3 is 2.53 bits per heavy atom. The minimum Gasteiger partial charge on any atom is -0.342 e. The van der Waals surface area contributed by atoms with Crippen molar-refractivity contribution < 1.29 is 4.79 Å². The van der Waals surface area contributed by atoms with E-state index in [2.05, 4.69) is 22.2 Å². The summed E-state index contributed by atoms with van der Waals surface area (Å²) in [6, 6.07) is 0.579. The Morgan fingerprint density at radius 1 is 1.16 bits per heavy atom. The number of carbonyl (C=O) groups is 1. The van der Waals surface area contributed by atoms with Crippen molar-refractivity contribution in [2.75, 3.05) is 39.8 Å². The molecular formula is C15H29N3O. The number of rotatable bonds is 4. The zero-order chi connectivity index (χ0) is 13.5. The first kappa shape index (κ1) is 14.8. The molecule has 0 radical (unpaired) electrons. The zero-order valence-electron chi connectivity index (χ0n) is 12.4. The minimum absolute atomic E-state index is 0.320. The Morgan fingerprint density at radius 2 is 1.89 bits per heavy atom. The van der Waals surface area contributed by atoms with E-state index < -0.39 is 0 Å². The van der Waals surface area contributed by atoms with Crippen LogP contribution in [0.3, 0.4) is 0 Å². The highest BCUT2D eigenvalue weighted by Crippen LogP contribution is 2.11. The molecular weight excluding hydrogens is 238 g/mol. The SMILES string of the molecule is CN(CC(=O)N1CCCCCC1)CC1CCCCN1. The first-order valence-electron chi connectivity index (χ1n) is 7.95. The van der Waals surface area contributed by atoms with Crippen molar-refractivity contribution in [3.63, 3.8) is 0 Å². The maximum Gasteiger partial charge on any atom is 0.236 e. The number of likely N-dealkylation sites (N-methyl/N-ethyl adjacent to an activating group) is 1. The molecule has 1 unspecified atom stereocenters. The van der Waals surface area contributed by atoms with Gasteiger partial charge in [0.05, 0.1) is 6.54 Å². The van der Waals surface area contributed by atoms with Crippen molar-refractivity contribution in [1.29, 1.82) is 0 Å². The van der Waals surface area contributed by atoms with Gasteiger partial charge in [-0.25, -0.2) is 0 Å². The monoisotopic (exact) mass is 267 g/mol. The number of carbonyl (C=O) groups excluding carboxylic acids is 1. The molecule has 0 aromatic rings. The summed E-state index contributed by atoms with van der Waals surface area (Å²) >= 11 is 0. The fourth-order valence-corrected chi connectivity index (χ4v) is 3.17. The summed E-state index contributed by atoms with van der Waals surface area (Å²) in [5, 5.41) is 3.55. The summed E-state index contributed by atoms with van der Waals surface area (Å²) in [6.07, 6.45) is 8.80. The molecule has 0 bridgehead atoms. The molecule has 0 spiro atoms. The molecule has 2 fully saturated rings. The Bertz CT molecular complexity index is 269. The molecule has 2 heterocycles. The molecule has 19 heavy (non-hydrogen) atoms. The third-order valence-electron chi connectivity index (χ3n) is 4.31. The maximum absolute atomic E-state index is 12.3. The number of piperidine rings is 1. The van der Waals surface area contributed by atoms with E-state index in [1.165, 1.54) is 44.9 Å². The third kappa shape index (κ3) is 5.11. The number of amides is 1. The number of hydrogen-bond acceptors (Lipinski definition) is 3. The van der Waals surface area contributed by atoms with Gasteiger partial charge in [-0.1, -0.05) is 19.3 Å². The lowest BCUT2D eigenvalue weighted by molar-refractivity contribution is -0.132. The van der Waals surface area contributed by atoms with Gasteiger partial charge in [0.2, 0.25) is 5.91 Å². The summed E-state index contributed by atoms with van der Waals surface area (Å²) in [5.74, 6) is 0.320. The highest BCUT2D eigenvalue weighted by molar-refractivity contribution is 5.78. The van der Waals surface area contributed by atoms with Gasteiger partial charge < -0.3 is 10.2 Å². The summed E-state index contributed by atoms with van der Waals surface area (Å²) in [6.45, 7) is 4.65. The van der Waals surface area contributed by atoms with E-state index in [4.69, 9.17) is 0 Å². The van der Waals surface area contributed by atoms with E-state index in [9.17, 15) is 4.79 Å². The normalized spacial score (nSPS) is 25.4. The topological polar surface area (TPSA) is 35.6 Å². The van der Waals surface area contributed by atoms with E-state index >= 15 is 0 Å². The van der Waals surface area contributed by atoms with Crippen LogP contribution < -0.4 is 5.32 Å². The molecule has 2 aliphatic rings. The number of nitrogens with zero attached hydrogens (tertiary/aromatic N) is 2. The molecule has 4 nitrogen and oxygen atoms in total. The maximum atomic E-state index is 12.3. The van der Waals surface area contributed by atoms with Crippen LogP contribution in [-0.2, 0) is 4.79 Å². The summed E-state index contributed by atoms with van der Waals surface area (Å²) in [7, 11) is 2.08.